The van der Waals surface area contributed by atoms with Crippen LogP contribution < -0.4 is 5.32 Å². The average molecular weight is 526 g/mol. The van der Waals surface area contributed by atoms with Crippen LogP contribution in [0.1, 0.15) is 5.56 Å². The smallest absolute Gasteiger partial charge is 0.161 e. The van der Waals surface area contributed by atoms with E-state index in [0.717, 1.165) is 12.1 Å². The third-order valence-electron chi connectivity index (χ3n) is 6.54. The summed E-state index contributed by atoms with van der Waals surface area (Å²) in [6, 6.07) is 8.38. The van der Waals surface area contributed by atoms with Crippen LogP contribution >= 0.6 is 0 Å². The molecule has 196 valence electrons. The predicted molar refractivity (Wildman–Crippen MR) is 147 cm³/mol. The number of imidazole rings is 1. The Morgan fingerprint density at radius 2 is 1.85 bits per heavy atom. The summed E-state index contributed by atoms with van der Waals surface area (Å²) in [5.74, 6) is -0.567. The van der Waals surface area contributed by atoms with Crippen molar-refractivity contribution >= 4 is 27.8 Å². The lowest BCUT2D eigenvalue weighted by atomic mass is 10.0. The lowest BCUT2D eigenvalue weighted by Gasteiger charge is -2.12. The number of nitrogens with zero attached hydrogens (tertiary/aromatic N) is 6. The van der Waals surface area contributed by atoms with Crippen LogP contribution in [0.3, 0.4) is 0 Å². The molecule has 0 saturated carbocycles. The highest BCUT2D eigenvalue weighted by Crippen LogP contribution is 2.35. The molecule has 0 radical (unpaired) electrons. The van der Waals surface area contributed by atoms with Gasteiger partial charge in [0.2, 0.25) is 0 Å². The van der Waals surface area contributed by atoms with Crippen molar-refractivity contribution < 1.29 is 8.78 Å². The number of benzene rings is 1. The van der Waals surface area contributed by atoms with E-state index in [0.29, 0.717) is 57.1 Å². The number of aromatic amines is 2. The Kier molecular flexibility index (Phi) is 6.20. The fourth-order valence-electron chi connectivity index (χ4n) is 4.57. The maximum atomic E-state index is 15.9. The van der Waals surface area contributed by atoms with Crippen LogP contribution in [0.5, 0.6) is 0 Å². The summed E-state index contributed by atoms with van der Waals surface area (Å²) in [5.41, 5.74) is 5.34. The number of hydrogen-bond acceptors (Lipinski definition) is 7. The van der Waals surface area contributed by atoms with E-state index < -0.39 is 5.82 Å². The molecule has 0 bridgehead atoms. The van der Waals surface area contributed by atoms with Crippen molar-refractivity contribution in [3.05, 3.63) is 72.3 Å². The molecule has 5 heterocycles. The number of hydrogen-bond donors (Lipinski definition) is 3. The second-order valence-electron chi connectivity index (χ2n) is 9.57. The van der Waals surface area contributed by atoms with Gasteiger partial charge in [0.25, 0.3) is 0 Å². The molecule has 9 nitrogen and oxygen atoms in total. The fraction of sp³-hybridized carbons (Fsp3) is 0.179. The summed E-state index contributed by atoms with van der Waals surface area (Å²) < 4.78 is 30.5. The van der Waals surface area contributed by atoms with E-state index in [1.165, 1.54) is 12.1 Å². The molecule has 5 aromatic heterocycles. The highest BCUT2D eigenvalue weighted by Gasteiger charge is 2.22. The Morgan fingerprint density at radius 3 is 2.67 bits per heavy atom. The van der Waals surface area contributed by atoms with Gasteiger partial charge in [-0.25, -0.2) is 18.7 Å². The molecule has 0 aliphatic heterocycles. The molecule has 0 spiro atoms. The molecule has 0 aliphatic carbocycles. The zero-order valence-electron chi connectivity index (χ0n) is 21.5. The first kappa shape index (κ1) is 24.6. The molecule has 6 rings (SSSR count). The van der Waals surface area contributed by atoms with E-state index >= 15 is 4.39 Å². The SMILES string of the molecule is Cc1ccncc1-c1ncc2[nH]nc(-c3nc4c(-c5cc(F)cc(NCCN(C)C)c5)ccnc4[nH]3)c2c1F. The minimum Gasteiger partial charge on any atom is -0.384 e. The molecule has 39 heavy (non-hydrogen) atoms. The zero-order valence-corrected chi connectivity index (χ0v) is 21.5. The van der Waals surface area contributed by atoms with Crippen molar-refractivity contribution in [1.29, 1.82) is 0 Å². The zero-order chi connectivity index (χ0) is 27.1. The van der Waals surface area contributed by atoms with Gasteiger partial charge in [0.05, 0.1) is 17.1 Å². The maximum absolute atomic E-state index is 15.9. The minimum atomic E-state index is -0.528. The van der Waals surface area contributed by atoms with Crippen LogP contribution in [0.4, 0.5) is 14.5 Å². The quantitative estimate of drug-likeness (QED) is 0.263. The molecule has 0 fully saturated rings. The number of anilines is 1. The topological polar surface area (TPSA) is 111 Å². The number of halogens is 2. The molecular weight excluding hydrogens is 500 g/mol. The Labute approximate surface area is 222 Å². The molecule has 0 saturated heterocycles. The van der Waals surface area contributed by atoms with E-state index in [4.69, 9.17) is 4.98 Å². The van der Waals surface area contributed by atoms with Crippen molar-refractivity contribution in [1.82, 2.24) is 40.0 Å². The van der Waals surface area contributed by atoms with E-state index in [1.807, 2.05) is 32.0 Å². The Morgan fingerprint density at radius 1 is 0.974 bits per heavy atom. The largest absolute Gasteiger partial charge is 0.384 e. The van der Waals surface area contributed by atoms with E-state index in [-0.39, 0.29) is 16.9 Å². The number of rotatable bonds is 7. The van der Waals surface area contributed by atoms with Gasteiger partial charge < -0.3 is 15.2 Å². The van der Waals surface area contributed by atoms with Gasteiger partial charge in [0.1, 0.15) is 22.7 Å². The first-order valence-electron chi connectivity index (χ1n) is 12.4. The van der Waals surface area contributed by atoms with Gasteiger partial charge >= 0.3 is 0 Å². The van der Waals surface area contributed by atoms with Gasteiger partial charge in [-0.1, -0.05) is 0 Å². The molecule has 11 heteroatoms. The second-order valence-corrected chi connectivity index (χ2v) is 9.57. The summed E-state index contributed by atoms with van der Waals surface area (Å²) in [5, 5.41) is 10.7. The van der Waals surface area contributed by atoms with Crippen molar-refractivity contribution in [2.45, 2.75) is 6.92 Å². The van der Waals surface area contributed by atoms with Crippen molar-refractivity contribution in [2.75, 3.05) is 32.5 Å². The van der Waals surface area contributed by atoms with Gasteiger partial charge in [-0.15, -0.1) is 0 Å². The van der Waals surface area contributed by atoms with Crippen LogP contribution in [0.25, 0.3) is 56.0 Å². The molecule has 6 aromatic rings. The third-order valence-corrected chi connectivity index (χ3v) is 6.54. The fourth-order valence-corrected chi connectivity index (χ4v) is 4.57. The Balaban J connectivity index is 1.44. The number of fused-ring (bicyclic) bond motifs is 2. The number of nitrogens with one attached hydrogen (secondary N) is 3. The lowest BCUT2D eigenvalue weighted by molar-refractivity contribution is 0.425. The van der Waals surface area contributed by atoms with Crippen molar-refractivity contribution in [2.24, 2.45) is 0 Å². The van der Waals surface area contributed by atoms with Crippen molar-refractivity contribution in [3.8, 4) is 33.9 Å². The Hall–Kier alpha value is -4.77. The molecule has 0 amide bonds. The molecule has 1 aromatic carbocycles. The first-order chi connectivity index (χ1) is 18.9. The summed E-state index contributed by atoms with van der Waals surface area (Å²) in [7, 11) is 3.96. The average Bonchev–Trinajstić information content (AvgIpc) is 3.53. The predicted octanol–water partition coefficient (Wildman–Crippen LogP) is 5.19. The molecule has 3 N–H and O–H groups in total. The number of aromatic nitrogens is 7. The third kappa shape index (κ3) is 4.57. The monoisotopic (exact) mass is 525 g/mol. The van der Waals surface area contributed by atoms with E-state index in [2.05, 4.69) is 35.5 Å². The van der Waals surface area contributed by atoms with Crippen LogP contribution in [-0.4, -0.2) is 67.2 Å². The van der Waals surface area contributed by atoms with E-state index in [9.17, 15) is 4.39 Å². The normalized spacial score (nSPS) is 11.6. The number of likely N-dealkylation sites (N-methyl/N-ethyl adjacent to an activating group) is 1. The maximum Gasteiger partial charge on any atom is 0.161 e. The minimum absolute atomic E-state index is 0.180. The summed E-state index contributed by atoms with van der Waals surface area (Å²) in [4.78, 5) is 22.8. The van der Waals surface area contributed by atoms with Crippen LogP contribution in [-0.2, 0) is 0 Å². The Bertz CT molecular complexity index is 1820. The van der Waals surface area contributed by atoms with Crippen LogP contribution in [0, 0.1) is 18.6 Å². The van der Waals surface area contributed by atoms with Gasteiger partial charge in [0.15, 0.2) is 17.3 Å². The van der Waals surface area contributed by atoms with Gasteiger partial charge in [-0.05, 0) is 62.5 Å². The highest BCUT2D eigenvalue weighted by atomic mass is 19.1. The summed E-state index contributed by atoms with van der Waals surface area (Å²) >= 11 is 0. The van der Waals surface area contributed by atoms with Gasteiger partial charge in [-0.2, -0.15) is 5.10 Å². The van der Waals surface area contributed by atoms with Crippen molar-refractivity contribution in [3.63, 3.8) is 0 Å². The highest BCUT2D eigenvalue weighted by molar-refractivity contribution is 5.97. The van der Waals surface area contributed by atoms with Gasteiger partial charge in [0, 0.05) is 48.5 Å². The molecule has 0 atom stereocenters. The molecule has 0 unspecified atom stereocenters. The van der Waals surface area contributed by atoms with Crippen LogP contribution in [0.15, 0.2) is 55.1 Å². The lowest BCUT2D eigenvalue weighted by Crippen LogP contribution is -2.20. The standard InChI is InChI=1S/C28H25F2N9/c1-15-4-6-31-13-20(15)24-23(30)22-21(14-34-24)37-38-26(22)28-35-25-19(5-7-33-27(25)36-28)16-10-17(29)12-18(11-16)32-8-9-39(2)3/h4-7,10-14,32H,8-9H2,1-3H3,(H,37,38)(H,33,35,36). The second kappa shape index (κ2) is 9.84. The summed E-state index contributed by atoms with van der Waals surface area (Å²) in [6.45, 7) is 3.35. The van der Waals surface area contributed by atoms with Crippen LogP contribution in [0.2, 0.25) is 0 Å². The number of pyridine rings is 3. The first-order valence-corrected chi connectivity index (χ1v) is 12.4. The van der Waals surface area contributed by atoms with E-state index in [1.54, 1.807) is 36.9 Å². The van der Waals surface area contributed by atoms with Gasteiger partial charge in [-0.3, -0.25) is 15.1 Å². The summed E-state index contributed by atoms with van der Waals surface area (Å²) in [6.07, 6.45) is 6.41. The molecule has 0 aliphatic rings. The molecular formula is C28H25F2N9. The number of H-pyrrole nitrogens is 2. The number of aryl methyl sites for hydroxylation is 1.